The number of hydrogen-bond donors (Lipinski definition) is 2. The average Bonchev–Trinajstić information content (AvgIpc) is 2.66. The first-order valence-electron chi connectivity index (χ1n) is 8.64. The van der Waals surface area contributed by atoms with E-state index >= 15 is 0 Å². The van der Waals surface area contributed by atoms with Crippen LogP contribution in [0, 0.1) is 10.1 Å². The van der Waals surface area contributed by atoms with Gasteiger partial charge >= 0.3 is 0 Å². The van der Waals surface area contributed by atoms with Crippen molar-refractivity contribution in [2.75, 3.05) is 18.9 Å². The highest BCUT2D eigenvalue weighted by Crippen LogP contribution is 2.28. The summed E-state index contributed by atoms with van der Waals surface area (Å²) >= 11 is 0. The molecule has 0 bridgehead atoms. The van der Waals surface area contributed by atoms with Crippen LogP contribution in [-0.4, -0.2) is 33.4 Å². The van der Waals surface area contributed by atoms with Gasteiger partial charge in [0.25, 0.3) is 11.2 Å². The molecule has 0 amide bonds. The summed E-state index contributed by atoms with van der Waals surface area (Å²) in [4.78, 5) is 31.5. The van der Waals surface area contributed by atoms with Gasteiger partial charge in [0, 0.05) is 19.2 Å². The van der Waals surface area contributed by atoms with Crippen LogP contribution in [0.3, 0.4) is 0 Å². The summed E-state index contributed by atoms with van der Waals surface area (Å²) in [6, 6.07) is 10.9. The van der Waals surface area contributed by atoms with Crippen LogP contribution in [0.4, 0.5) is 11.4 Å². The van der Waals surface area contributed by atoms with E-state index in [4.69, 9.17) is 0 Å². The largest absolute Gasteiger partial charge is 0.375 e. The first-order chi connectivity index (χ1) is 13.0. The van der Waals surface area contributed by atoms with E-state index in [0.717, 1.165) is 18.7 Å². The Kier molecular flexibility index (Phi) is 5.46. The van der Waals surface area contributed by atoms with Crippen molar-refractivity contribution in [2.45, 2.75) is 20.0 Å². The molecule has 0 fully saturated rings. The maximum Gasteiger partial charge on any atom is 0.293 e. The van der Waals surface area contributed by atoms with Gasteiger partial charge in [-0.25, -0.2) is 4.98 Å². The number of hydrogen-bond acceptors (Lipinski definition) is 6. The summed E-state index contributed by atoms with van der Waals surface area (Å²) in [6.07, 6.45) is 1.29. The molecule has 8 heteroatoms. The minimum Gasteiger partial charge on any atom is -0.375 e. The summed E-state index contributed by atoms with van der Waals surface area (Å²) in [5, 5.41) is 14.7. The monoisotopic (exact) mass is 367 g/mol. The minimum absolute atomic E-state index is 0.150. The van der Waals surface area contributed by atoms with E-state index in [-0.39, 0.29) is 11.1 Å². The predicted molar refractivity (Wildman–Crippen MR) is 105 cm³/mol. The second-order valence-corrected chi connectivity index (χ2v) is 6.38. The van der Waals surface area contributed by atoms with E-state index in [9.17, 15) is 14.9 Å². The van der Waals surface area contributed by atoms with Gasteiger partial charge in [0.1, 0.15) is 5.69 Å². The van der Waals surface area contributed by atoms with Gasteiger partial charge in [-0.05, 0) is 30.8 Å². The third kappa shape index (κ3) is 4.29. The highest BCUT2D eigenvalue weighted by Gasteiger charge is 2.17. The van der Waals surface area contributed by atoms with Crippen LogP contribution in [0.1, 0.15) is 18.1 Å². The highest BCUT2D eigenvalue weighted by molar-refractivity contribution is 5.86. The van der Waals surface area contributed by atoms with Crippen molar-refractivity contribution in [3.8, 4) is 0 Å². The Morgan fingerprint density at radius 2 is 2.04 bits per heavy atom. The van der Waals surface area contributed by atoms with Crippen molar-refractivity contribution in [2.24, 2.45) is 0 Å². The molecule has 3 rings (SSSR count). The van der Waals surface area contributed by atoms with Crippen molar-refractivity contribution in [1.82, 2.24) is 14.9 Å². The molecule has 0 aliphatic carbocycles. The molecule has 1 aromatic heterocycles. The van der Waals surface area contributed by atoms with Crippen LogP contribution < -0.4 is 10.9 Å². The summed E-state index contributed by atoms with van der Waals surface area (Å²) in [6.45, 7) is 4.33. The molecule has 1 heterocycles. The van der Waals surface area contributed by atoms with Gasteiger partial charge < -0.3 is 15.2 Å². The third-order valence-electron chi connectivity index (χ3n) is 4.42. The van der Waals surface area contributed by atoms with E-state index in [1.165, 1.54) is 24.0 Å². The van der Waals surface area contributed by atoms with Gasteiger partial charge in [0.15, 0.2) is 0 Å². The Labute approximate surface area is 156 Å². The SMILES string of the molecule is CCN(C)Cc1cccc(CNc2cc3nc[nH]c(=O)c3cc2[N+](=O)[O-])c1. The fourth-order valence-electron chi connectivity index (χ4n) is 2.86. The quantitative estimate of drug-likeness (QED) is 0.491. The number of fused-ring (bicyclic) bond motifs is 1. The molecule has 0 aliphatic heterocycles. The first kappa shape index (κ1) is 18.5. The zero-order chi connectivity index (χ0) is 19.4. The molecular formula is C19H21N5O3. The minimum atomic E-state index is -0.499. The second-order valence-electron chi connectivity index (χ2n) is 6.38. The molecule has 3 aromatic rings. The summed E-state index contributed by atoms with van der Waals surface area (Å²) in [5.41, 5.74) is 2.39. The molecule has 0 aliphatic rings. The zero-order valence-electron chi connectivity index (χ0n) is 15.2. The Balaban J connectivity index is 1.86. The van der Waals surface area contributed by atoms with Crippen LogP contribution in [0.25, 0.3) is 10.9 Å². The number of aromatic amines is 1. The van der Waals surface area contributed by atoms with E-state index in [2.05, 4.69) is 46.3 Å². The van der Waals surface area contributed by atoms with Gasteiger partial charge in [0.05, 0.1) is 22.2 Å². The number of nitro benzene ring substituents is 1. The number of aromatic nitrogens is 2. The molecule has 140 valence electrons. The van der Waals surface area contributed by atoms with E-state index in [0.29, 0.717) is 17.7 Å². The number of nitrogens with one attached hydrogen (secondary N) is 2. The maximum absolute atomic E-state index is 11.9. The van der Waals surface area contributed by atoms with Crippen molar-refractivity contribution in [1.29, 1.82) is 0 Å². The molecule has 27 heavy (non-hydrogen) atoms. The van der Waals surface area contributed by atoms with Crippen LogP contribution in [0.2, 0.25) is 0 Å². The van der Waals surface area contributed by atoms with E-state index in [1.807, 2.05) is 12.1 Å². The Bertz CT molecular complexity index is 1030. The molecule has 0 saturated heterocycles. The van der Waals surface area contributed by atoms with Gasteiger partial charge in [-0.3, -0.25) is 14.9 Å². The average molecular weight is 367 g/mol. The van der Waals surface area contributed by atoms with E-state index < -0.39 is 10.5 Å². The Morgan fingerprint density at radius 3 is 2.78 bits per heavy atom. The second kappa shape index (κ2) is 7.96. The standard InChI is InChI=1S/C19H21N5O3/c1-3-23(2)11-14-6-4-5-13(7-14)10-20-17-9-16-15(8-18(17)24(26)27)19(25)22-12-21-16/h4-9,12,20H,3,10-11H2,1-2H3,(H,21,22,25). The van der Waals surface area contributed by atoms with Gasteiger partial charge in [-0.15, -0.1) is 0 Å². The lowest BCUT2D eigenvalue weighted by molar-refractivity contribution is -0.383. The number of anilines is 1. The fourth-order valence-corrected chi connectivity index (χ4v) is 2.86. The topological polar surface area (TPSA) is 104 Å². The molecule has 0 unspecified atom stereocenters. The highest BCUT2D eigenvalue weighted by atomic mass is 16.6. The van der Waals surface area contributed by atoms with Crippen molar-refractivity contribution < 1.29 is 4.92 Å². The lowest BCUT2D eigenvalue weighted by Gasteiger charge is -2.15. The van der Waals surface area contributed by atoms with Crippen molar-refractivity contribution in [3.05, 3.63) is 74.3 Å². The van der Waals surface area contributed by atoms with Crippen molar-refractivity contribution >= 4 is 22.3 Å². The van der Waals surface area contributed by atoms with E-state index in [1.54, 1.807) is 0 Å². The smallest absolute Gasteiger partial charge is 0.293 e. The number of H-pyrrole nitrogens is 1. The van der Waals surface area contributed by atoms with Crippen LogP contribution in [0.5, 0.6) is 0 Å². The van der Waals surface area contributed by atoms with Gasteiger partial charge in [-0.2, -0.15) is 0 Å². The number of rotatable bonds is 7. The summed E-state index contributed by atoms with van der Waals surface area (Å²) in [5.74, 6) is 0. The summed E-state index contributed by atoms with van der Waals surface area (Å²) < 4.78 is 0. The van der Waals surface area contributed by atoms with Crippen LogP contribution in [0.15, 0.2) is 47.5 Å². The summed E-state index contributed by atoms with van der Waals surface area (Å²) in [7, 11) is 2.05. The first-order valence-corrected chi connectivity index (χ1v) is 8.64. The predicted octanol–water partition coefficient (Wildman–Crippen LogP) is 2.90. The Morgan fingerprint density at radius 1 is 1.26 bits per heavy atom. The third-order valence-corrected chi connectivity index (χ3v) is 4.42. The van der Waals surface area contributed by atoms with Gasteiger partial charge in [0.2, 0.25) is 0 Å². The molecule has 0 saturated carbocycles. The molecule has 0 spiro atoms. The van der Waals surface area contributed by atoms with Crippen LogP contribution in [-0.2, 0) is 13.1 Å². The van der Waals surface area contributed by atoms with Crippen molar-refractivity contribution in [3.63, 3.8) is 0 Å². The number of benzene rings is 2. The Hall–Kier alpha value is -3.26. The molecular weight excluding hydrogens is 346 g/mol. The normalized spacial score (nSPS) is 11.1. The molecule has 0 radical (unpaired) electrons. The molecule has 0 atom stereocenters. The maximum atomic E-state index is 11.9. The van der Waals surface area contributed by atoms with Crippen LogP contribution >= 0.6 is 0 Å². The molecule has 8 nitrogen and oxygen atoms in total. The molecule has 2 N–H and O–H groups in total. The lowest BCUT2D eigenvalue weighted by atomic mass is 10.1. The number of nitrogens with zero attached hydrogens (tertiary/aromatic N) is 3. The number of nitro groups is 1. The van der Waals surface area contributed by atoms with Gasteiger partial charge in [-0.1, -0.05) is 31.2 Å². The molecule has 2 aromatic carbocycles. The fraction of sp³-hybridized carbons (Fsp3) is 0.263. The zero-order valence-corrected chi connectivity index (χ0v) is 15.2. The lowest BCUT2D eigenvalue weighted by Crippen LogP contribution is -2.16.